The highest BCUT2D eigenvalue weighted by atomic mass is 16.4. The van der Waals surface area contributed by atoms with E-state index in [0.717, 1.165) is 5.56 Å². The third-order valence-corrected chi connectivity index (χ3v) is 3.22. The predicted octanol–water partition coefficient (Wildman–Crippen LogP) is 2.72. The highest BCUT2D eigenvalue weighted by Gasteiger charge is 2.21. The number of rotatable bonds is 6. The highest BCUT2D eigenvalue weighted by Crippen LogP contribution is 2.20. The van der Waals surface area contributed by atoms with Crippen LogP contribution >= 0.6 is 0 Å². The Balaban J connectivity index is 2.70. The van der Waals surface area contributed by atoms with Crippen molar-refractivity contribution in [2.75, 3.05) is 10.6 Å². The second-order valence-corrected chi connectivity index (χ2v) is 6.07. The van der Waals surface area contributed by atoms with Crippen LogP contribution in [0.5, 0.6) is 0 Å². The Morgan fingerprint density at radius 1 is 1.17 bits per heavy atom. The monoisotopic (exact) mass is 321 g/mol. The Labute approximate surface area is 135 Å². The zero-order chi connectivity index (χ0) is 17.6. The molecule has 0 unspecified atom stereocenters. The molecule has 7 heteroatoms. The van der Waals surface area contributed by atoms with E-state index in [-0.39, 0.29) is 12.3 Å². The van der Waals surface area contributed by atoms with Crippen LogP contribution in [-0.4, -0.2) is 28.6 Å². The molecule has 0 fully saturated rings. The molecule has 1 aromatic rings. The molecule has 3 amide bonds. The molecule has 0 radical (unpaired) electrons. The summed E-state index contributed by atoms with van der Waals surface area (Å²) in [5, 5.41) is 16.8. The number of carboxylic acids is 1. The van der Waals surface area contributed by atoms with E-state index in [0.29, 0.717) is 17.8 Å². The molecule has 4 N–H and O–H groups in total. The summed E-state index contributed by atoms with van der Waals surface area (Å²) in [7, 11) is 0. The van der Waals surface area contributed by atoms with Gasteiger partial charge in [0.15, 0.2) is 0 Å². The lowest BCUT2D eigenvalue weighted by atomic mass is 9.99. The Morgan fingerprint density at radius 3 is 2.39 bits per heavy atom. The molecule has 126 valence electrons. The SMILES string of the molecule is CC(=O)Nc1cc(NC(=O)NC(C)(C)CCC(=O)O)ccc1C. The minimum atomic E-state index is -0.904. The van der Waals surface area contributed by atoms with Crippen molar-refractivity contribution in [2.45, 2.75) is 46.1 Å². The minimum absolute atomic E-state index is 0.0233. The molecular weight excluding hydrogens is 298 g/mol. The zero-order valence-corrected chi connectivity index (χ0v) is 13.8. The van der Waals surface area contributed by atoms with Gasteiger partial charge in [0.2, 0.25) is 5.91 Å². The van der Waals surface area contributed by atoms with E-state index in [1.165, 1.54) is 6.92 Å². The molecule has 0 aliphatic carbocycles. The molecule has 0 saturated carbocycles. The maximum Gasteiger partial charge on any atom is 0.319 e. The number of urea groups is 1. The average Bonchev–Trinajstić information content (AvgIpc) is 2.39. The maximum absolute atomic E-state index is 12.0. The Hall–Kier alpha value is -2.57. The number of nitrogens with one attached hydrogen (secondary N) is 3. The van der Waals surface area contributed by atoms with E-state index in [4.69, 9.17) is 5.11 Å². The maximum atomic E-state index is 12.0. The van der Waals surface area contributed by atoms with Crippen molar-refractivity contribution >= 4 is 29.3 Å². The summed E-state index contributed by atoms with van der Waals surface area (Å²) in [6, 6.07) is 4.75. The van der Waals surface area contributed by atoms with Crippen molar-refractivity contribution in [3.05, 3.63) is 23.8 Å². The molecule has 0 atom stereocenters. The van der Waals surface area contributed by atoms with Crippen LogP contribution in [0.15, 0.2) is 18.2 Å². The lowest BCUT2D eigenvalue weighted by Gasteiger charge is -2.25. The summed E-state index contributed by atoms with van der Waals surface area (Å²) in [4.78, 5) is 33.8. The van der Waals surface area contributed by atoms with Crippen LogP contribution < -0.4 is 16.0 Å². The van der Waals surface area contributed by atoms with Crippen LogP contribution in [0, 0.1) is 6.92 Å². The molecule has 0 spiro atoms. The Morgan fingerprint density at radius 2 is 1.83 bits per heavy atom. The molecule has 0 bridgehead atoms. The van der Waals surface area contributed by atoms with Crippen LogP contribution in [0.2, 0.25) is 0 Å². The van der Waals surface area contributed by atoms with E-state index >= 15 is 0 Å². The van der Waals surface area contributed by atoms with Crippen molar-refractivity contribution in [1.82, 2.24) is 5.32 Å². The molecule has 0 heterocycles. The van der Waals surface area contributed by atoms with E-state index in [1.807, 2.05) is 6.92 Å². The summed E-state index contributed by atoms with van der Waals surface area (Å²) in [6.45, 7) is 6.78. The number of amides is 3. The van der Waals surface area contributed by atoms with Gasteiger partial charge in [-0.05, 0) is 44.9 Å². The summed E-state index contributed by atoms with van der Waals surface area (Å²) in [5.41, 5.74) is 1.40. The number of hydrogen-bond acceptors (Lipinski definition) is 3. The molecule has 23 heavy (non-hydrogen) atoms. The van der Waals surface area contributed by atoms with Crippen LogP contribution in [-0.2, 0) is 9.59 Å². The van der Waals surface area contributed by atoms with Gasteiger partial charge in [-0.25, -0.2) is 4.79 Å². The smallest absolute Gasteiger partial charge is 0.319 e. The van der Waals surface area contributed by atoms with Crippen molar-refractivity contribution in [3.63, 3.8) is 0 Å². The first-order chi connectivity index (χ1) is 10.6. The predicted molar refractivity (Wildman–Crippen MR) is 88.6 cm³/mol. The second-order valence-electron chi connectivity index (χ2n) is 6.07. The van der Waals surface area contributed by atoms with E-state index in [2.05, 4.69) is 16.0 Å². The second kappa shape index (κ2) is 7.62. The number of anilines is 2. The van der Waals surface area contributed by atoms with Gasteiger partial charge in [-0.1, -0.05) is 6.07 Å². The number of carboxylic acid groups (broad SMARTS) is 1. The highest BCUT2D eigenvalue weighted by molar-refractivity contribution is 5.93. The van der Waals surface area contributed by atoms with Crippen LogP contribution in [0.4, 0.5) is 16.2 Å². The molecule has 0 saturated heterocycles. The number of hydrogen-bond donors (Lipinski definition) is 4. The fraction of sp³-hybridized carbons (Fsp3) is 0.438. The molecular formula is C16H23N3O4. The lowest BCUT2D eigenvalue weighted by molar-refractivity contribution is -0.137. The third kappa shape index (κ3) is 6.82. The standard InChI is InChI=1S/C16H23N3O4/c1-10-5-6-12(9-13(10)17-11(2)20)18-15(23)19-16(3,4)8-7-14(21)22/h5-6,9H,7-8H2,1-4H3,(H,17,20)(H,21,22)(H2,18,19,23). The van der Waals surface area contributed by atoms with Crippen molar-refractivity contribution < 1.29 is 19.5 Å². The van der Waals surface area contributed by atoms with Crippen molar-refractivity contribution in [2.24, 2.45) is 0 Å². The Kier molecular flexibility index (Phi) is 6.12. The fourth-order valence-corrected chi connectivity index (χ4v) is 1.98. The molecule has 7 nitrogen and oxygen atoms in total. The Bertz CT molecular complexity index is 611. The number of carbonyl (C=O) groups excluding carboxylic acids is 2. The molecule has 1 rings (SSSR count). The van der Waals surface area contributed by atoms with Gasteiger partial charge in [0, 0.05) is 30.3 Å². The van der Waals surface area contributed by atoms with Gasteiger partial charge in [-0.3, -0.25) is 9.59 Å². The van der Waals surface area contributed by atoms with Gasteiger partial charge >= 0.3 is 12.0 Å². The third-order valence-electron chi connectivity index (χ3n) is 3.22. The number of benzene rings is 1. The number of aryl methyl sites for hydroxylation is 1. The van der Waals surface area contributed by atoms with Crippen LogP contribution in [0.1, 0.15) is 39.2 Å². The zero-order valence-electron chi connectivity index (χ0n) is 13.8. The first kappa shape index (κ1) is 18.5. The molecule has 0 aliphatic rings. The minimum Gasteiger partial charge on any atom is -0.481 e. The van der Waals surface area contributed by atoms with Gasteiger partial charge in [0.25, 0.3) is 0 Å². The summed E-state index contributed by atoms with van der Waals surface area (Å²) in [5.74, 6) is -1.09. The van der Waals surface area contributed by atoms with Crippen LogP contribution in [0.25, 0.3) is 0 Å². The first-order valence-electron chi connectivity index (χ1n) is 7.28. The van der Waals surface area contributed by atoms with Gasteiger partial charge in [0.05, 0.1) is 0 Å². The van der Waals surface area contributed by atoms with Gasteiger partial charge in [0.1, 0.15) is 0 Å². The summed E-state index contributed by atoms with van der Waals surface area (Å²) < 4.78 is 0. The van der Waals surface area contributed by atoms with Gasteiger partial charge in [-0.2, -0.15) is 0 Å². The van der Waals surface area contributed by atoms with Gasteiger partial charge < -0.3 is 21.1 Å². The normalized spacial score (nSPS) is 10.8. The molecule has 1 aromatic carbocycles. The first-order valence-corrected chi connectivity index (χ1v) is 7.28. The lowest BCUT2D eigenvalue weighted by Crippen LogP contribution is -2.45. The van der Waals surface area contributed by atoms with Crippen molar-refractivity contribution in [3.8, 4) is 0 Å². The topological polar surface area (TPSA) is 108 Å². The van der Waals surface area contributed by atoms with E-state index < -0.39 is 17.5 Å². The van der Waals surface area contributed by atoms with E-state index in [1.54, 1.807) is 32.0 Å². The quantitative estimate of drug-likeness (QED) is 0.646. The number of carbonyl (C=O) groups is 3. The van der Waals surface area contributed by atoms with Crippen molar-refractivity contribution in [1.29, 1.82) is 0 Å². The summed E-state index contributed by atoms with van der Waals surface area (Å²) in [6.07, 6.45) is 0.297. The fourth-order valence-electron chi connectivity index (χ4n) is 1.98. The van der Waals surface area contributed by atoms with Crippen LogP contribution in [0.3, 0.4) is 0 Å². The van der Waals surface area contributed by atoms with E-state index in [9.17, 15) is 14.4 Å². The summed E-state index contributed by atoms with van der Waals surface area (Å²) >= 11 is 0. The average molecular weight is 321 g/mol. The molecule has 0 aromatic heterocycles. The largest absolute Gasteiger partial charge is 0.481 e. The van der Waals surface area contributed by atoms with Gasteiger partial charge in [-0.15, -0.1) is 0 Å². The number of aliphatic carboxylic acids is 1. The molecule has 0 aliphatic heterocycles.